The standard InChI is InChI=1S/C27H27FN4O2S/c1-18-5-3-8-23(13-18)29-27(34)31-11-10-30(16-19(31)2)25(33)24-15-21-9-12-35-26(21)32(24)17-20-6-4-7-22(28)14-20/h3-9,12-15,19H,10-11,16-17H2,1-2H3,(H,29,34)/t19-/m1/s1. The van der Waals surface area contributed by atoms with E-state index in [1.54, 1.807) is 22.3 Å². The van der Waals surface area contributed by atoms with E-state index in [1.165, 1.54) is 12.1 Å². The number of benzene rings is 2. The highest BCUT2D eigenvalue weighted by Crippen LogP contribution is 2.28. The molecule has 1 aliphatic heterocycles. The summed E-state index contributed by atoms with van der Waals surface area (Å²) in [5.74, 6) is -0.366. The van der Waals surface area contributed by atoms with E-state index in [0.717, 1.165) is 27.0 Å². The predicted molar refractivity (Wildman–Crippen MR) is 138 cm³/mol. The number of aryl methyl sites for hydroxylation is 1. The maximum Gasteiger partial charge on any atom is 0.322 e. The molecule has 8 heteroatoms. The van der Waals surface area contributed by atoms with Gasteiger partial charge in [-0.15, -0.1) is 11.3 Å². The van der Waals surface area contributed by atoms with Gasteiger partial charge in [0.05, 0.1) is 0 Å². The number of piperazine rings is 1. The van der Waals surface area contributed by atoms with Gasteiger partial charge >= 0.3 is 6.03 Å². The minimum atomic E-state index is -0.293. The lowest BCUT2D eigenvalue weighted by Crippen LogP contribution is -2.56. The largest absolute Gasteiger partial charge is 0.334 e. The van der Waals surface area contributed by atoms with Crippen LogP contribution in [-0.2, 0) is 6.54 Å². The van der Waals surface area contributed by atoms with Gasteiger partial charge in [0.25, 0.3) is 5.91 Å². The molecule has 4 aromatic rings. The van der Waals surface area contributed by atoms with Crippen molar-refractivity contribution < 1.29 is 14.0 Å². The zero-order chi connectivity index (χ0) is 24.5. The average Bonchev–Trinajstić information content (AvgIpc) is 3.41. The van der Waals surface area contributed by atoms with Gasteiger partial charge in [0.15, 0.2) is 0 Å². The van der Waals surface area contributed by atoms with Crippen molar-refractivity contribution in [2.45, 2.75) is 26.4 Å². The van der Waals surface area contributed by atoms with Crippen LogP contribution in [0.25, 0.3) is 10.2 Å². The van der Waals surface area contributed by atoms with E-state index in [-0.39, 0.29) is 23.8 Å². The summed E-state index contributed by atoms with van der Waals surface area (Å²) < 4.78 is 15.8. The Bertz CT molecular complexity index is 1390. The Labute approximate surface area is 207 Å². The second-order valence-corrected chi connectivity index (χ2v) is 9.91. The number of carbonyl (C=O) groups is 2. The number of nitrogens with zero attached hydrogens (tertiary/aromatic N) is 3. The molecule has 180 valence electrons. The van der Waals surface area contributed by atoms with Crippen LogP contribution in [0.3, 0.4) is 0 Å². The first kappa shape index (κ1) is 23.1. The van der Waals surface area contributed by atoms with Crippen LogP contribution < -0.4 is 5.32 Å². The Hall–Kier alpha value is -3.65. The average molecular weight is 491 g/mol. The molecule has 0 aliphatic carbocycles. The third kappa shape index (κ3) is 4.79. The van der Waals surface area contributed by atoms with Gasteiger partial charge in [0, 0.05) is 43.3 Å². The molecule has 2 aromatic carbocycles. The molecule has 35 heavy (non-hydrogen) atoms. The number of amides is 3. The molecule has 1 N–H and O–H groups in total. The normalized spacial score (nSPS) is 16.0. The van der Waals surface area contributed by atoms with Crippen molar-refractivity contribution in [3.05, 3.63) is 88.7 Å². The molecular formula is C27H27FN4O2S. The van der Waals surface area contributed by atoms with E-state index in [9.17, 15) is 14.0 Å². The Morgan fingerprint density at radius 3 is 2.69 bits per heavy atom. The zero-order valence-corrected chi connectivity index (χ0v) is 20.5. The SMILES string of the molecule is Cc1cccc(NC(=O)N2CCN(C(=O)c3cc4ccsc4n3Cc3cccc(F)c3)C[C@H]2C)c1. The third-order valence-corrected chi connectivity index (χ3v) is 7.35. The number of nitrogens with one attached hydrogen (secondary N) is 1. The van der Waals surface area contributed by atoms with Crippen LogP contribution in [0.4, 0.5) is 14.9 Å². The Morgan fingerprint density at radius 1 is 1.09 bits per heavy atom. The van der Waals surface area contributed by atoms with E-state index in [0.29, 0.717) is 31.9 Å². The van der Waals surface area contributed by atoms with E-state index in [1.807, 2.05) is 71.2 Å². The van der Waals surface area contributed by atoms with Gasteiger partial charge < -0.3 is 19.7 Å². The first-order valence-electron chi connectivity index (χ1n) is 11.6. The number of hydrogen-bond donors (Lipinski definition) is 1. The number of aromatic nitrogens is 1. The second-order valence-electron chi connectivity index (χ2n) is 9.02. The summed E-state index contributed by atoms with van der Waals surface area (Å²) >= 11 is 1.57. The van der Waals surface area contributed by atoms with Crippen LogP contribution in [0, 0.1) is 12.7 Å². The van der Waals surface area contributed by atoms with Crippen molar-refractivity contribution in [2.24, 2.45) is 0 Å². The van der Waals surface area contributed by atoms with Crippen LogP contribution in [0.5, 0.6) is 0 Å². The fourth-order valence-electron chi connectivity index (χ4n) is 4.65. The molecule has 1 atom stereocenters. The highest BCUT2D eigenvalue weighted by molar-refractivity contribution is 7.16. The number of anilines is 1. The van der Waals surface area contributed by atoms with Crippen molar-refractivity contribution in [2.75, 3.05) is 25.0 Å². The number of fused-ring (bicyclic) bond motifs is 1. The van der Waals surface area contributed by atoms with Crippen molar-refractivity contribution in [3.8, 4) is 0 Å². The predicted octanol–water partition coefficient (Wildman–Crippen LogP) is 5.58. The lowest BCUT2D eigenvalue weighted by molar-refractivity contribution is 0.0583. The Balaban J connectivity index is 1.32. The van der Waals surface area contributed by atoms with E-state index < -0.39 is 0 Å². The highest BCUT2D eigenvalue weighted by Gasteiger charge is 2.32. The molecule has 5 rings (SSSR count). The lowest BCUT2D eigenvalue weighted by Gasteiger charge is -2.39. The first-order valence-corrected chi connectivity index (χ1v) is 12.5. The number of halogens is 1. The van der Waals surface area contributed by atoms with Gasteiger partial charge in [-0.3, -0.25) is 4.79 Å². The van der Waals surface area contributed by atoms with E-state index >= 15 is 0 Å². The van der Waals surface area contributed by atoms with Crippen LogP contribution in [0.2, 0.25) is 0 Å². The molecular weight excluding hydrogens is 463 g/mol. The summed E-state index contributed by atoms with van der Waals surface area (Å²) in [5.41, 5.74) is 3.22. The van der Waals surface area contributed by atoms with Gasteiger partial charge in [-0.25, -0.2) is 9.18 Å². The number of carbonyl (C=O) groups excluding carboxylic acids is 2. The highest BCUT2D eigenvalue weighted by atomic mass is 32.1. The molecule has 1 fully saturated rings. The molecule has 0 unspecified atom stereocenters. The minimum Gasteiger partial charge on any atom is -0.334 e. The van der Waals surface area contributed by atoms with E-state index in [4.69, 9.17) is 0 Å². The topological polar surface area (TPSA) is 57.6 Å². The molecule has 6 nitrogen and oxygen atoms in total. The fraction of sp³-hybridized carbons (Fsp3) is 0.259. The second kappa shape index (κ2) is 9.54. The zero-order valence-electron chi connectivity index (χ0n) is 19.7. The number of thiophene rings is 1. The molecule has 2 aromatic heterocycles. The first-order chi connectivity index (χ1) is 16.9. The maximum absolute atomic E-state index is 13.8. The molecule has 0 bridgehead atoms. The molecule has 0 saturated carbocycles. The van der Waals surface area contributed by atoms with Crippen LogP contribution in [-0.4, -0.2) is 52.0 Å². The summed E-state index contributed by atoms with van der Waals surface area (Å²) in [6, 6.07) is 17.8. The van der Waals surface area contributed by atoms with Crippen molar-refractivity contribution in [3.63, 3.8) is 0 Å². The van der Waals surface area contributed by atoms with Crippen molar-refractivity contribution in [1.29, 1.82) is 0 Å². The molecule has 3 heterocycles. The summed E-state index contributed by atoms with van der Waals surface area (Å²) in [4.78, 5) is 31.1. The molecule has 1 aliphatic rings. The van der Waals surface area contributed by atoms with Crippen molar-refractivity contribution >= 4 is 39.2 Å². The smallest absolute Gasteiger partial charge is 0.322 e. The van der Waals surface area contributed by atoms with Gasteiger partial charge in [-0.1, -0.05) is 24.3 Å². The van der Waals surface area contributed by atoms with Crippen molar-refractivity contribution in [1.82, 2.24) is 14.4 Å². The van der Waals surface area contributed by atoms with Gasteiger partial charge in [-0.05, 0) is 66.8 Å². The Morgan fingerprint density at radius 2 is 1.91 bits per heavy atom. The third-order valence-electron chi connectivity index (χ3n) is 6.40. The molecule has 1 saturated heterocycles. The molecule has 3 amide bonds. The number of urea groups is 1. The van der Waals surface area contributed by atoms with Crippen LogP contribution in [0.1, 0.15) is 28.5 Å². The quantitative estimate of drug-likeness (QED) is 0.406. The summed E-state index contributed by atoms with van der Waals surface area (Å²) in [5, 5.41) is 5.96. The van der Waals surface area contributed by atoms with Gasteiger partial charge in [0.2, 0.25) is 0 Å². The van der Waals surface area contributed by atoms with Gasteiger partial charge in [-0.2, -0.15) is 0 Å². The fourth-order valence-corrected chi connectivity index (χ4v) is 5.55. The number of hydrogen-bond acceptors (Lipinski definition) is 3. The molecule has 0 spiro atoms. The molecule has 0 radical (unpaired) electrons. The summed E-state index contributed by atoms with van der Waals surface area (Å²) in [7, 11) is 0. The van der Waals surface area contributed by atoms with E-state index in [2.05, 4.69) is 5.32 Å². The maximum atomic E-state index is 13.8. The minimum absolute atomic E-state index is 0.0737. The summed E-state index contributed by atoms with van der Waals surface area (Å²) in [6.45, 7) is 5.69. The van der Waals surface area contributed by atoms with Gasteiger partial charge in [0.1, 0.15) is 16.3 Å². The van der Waals surface area contributed by atoms with Crippen LogP contribution in [0.15, 0.2) is 66.0 Å². The number of rotatable bonds is 4. The van der Waals surface area contributed by atoms with Crippen LogP contribution >= 0.6 is 11.3 Å². The monoisotopic (exact) mass is 490 g/mol. The Kier molecular flexibility index (Phi) is 6.30. The lowest BCUT2D eigenvalue weighted by atomic mass is 10.1. The summed E-state index contributed by atoms with van der Waals surface area (Å²) in [6.07, 6.45) is 0.